The second kappa shape index (κ2) is 9.68. The van der Waals surface area contributed by atoms with Gasteiger partial charge in [-0.25, -0.2) is 4.68 Å². The minimum atomic E-state index is 0.0542. The van der Waals surface area contributed by atoms with E-state index in [1.807, 2.05) is 22.9 Å². The molecular formula is C24H33N3O2. The van der Waals surface area contributed by atoms with Crippen molar-refractivity contribution in [2.24, 2.45) is 5.92 Å². The number of para-hydroxylation sites is 1. The molecule has 5 heteroatoms. The largest absolute Gasteiger partial charge is 0.381 e. The van der Waals surface area contributed by atoms with Crippen LogP contribution in [0.15, 0.2) is 36.4 Å². The van der Waals surface area contributed by atoms with E-state index in [0.29, 0.717) is 18.1 Å². The van der Waals surface area contributed by atoms with Gasteiger partial charge in [-0.05, 0) is 62.8 Å². The van der Waals surface area contributed by atoms with Crippen LogP contribution >= 0.6 is 0 Å². The number of carbonyl (C=O) groups excluding carboxylic acids is 1. The van der Waals surface area contributed by atoms with Crippen molar-refractivity contribution in [3.8, 4) is 5.69 Å². The van der Waals surface area contributed by atoms with Gasteiger partial charge in [-0.2, -0.15) is 5.10 Å². The Morgan fingerprint density at radius 3 is 2.69 bits per heavy atom. The van der Waals surface area contributed by atoms with Crippen LogP contribution in [0.5, 0.6) is 0 Å². The third kappa shape index (κ3) is 4.96. The number of likely N-dealkylation sites (tertiary alicyclic amines) is 1. The Hall–Kier alpha value is -1.98. The van der Waals surface area contributed by atoms with Gasteiger partial charge < -0.3 is 4.74 Å². The summed E-state index contributed by atoms with van der Waals surface area (Å²) >= 11 is 0. The van der Waals surface area contributed by atoms with Gasteiger partial charge >= 0.3 is 0 Å². The van der Waals surface area contributed by atoms with Crippen molar-refractivity contribution in [2.45, 2.75) is 57.9 Å². The number of carbonyl (C=O) groups is 1. The van der Waals surface area contributed by atoms with Crippen molar-refractivity contribution in [2.75, 3.05) is 26.3 Å². The molecule has 0 bridgehead atoms. The first-order chi connectivity index (χ1) is 14.2. The van der Waals surface area contributed by atoms with Gasteiger partial charge in [-0.15, -0.1) is 0 Å². The van der Waals surface area contributed by atoms with Crippen LogP contribution in [0.1, 0.15) is 50.4 Å². The van der Waals surface area contributed by atoms with Gasteiger partial charge in [0.05, 0.1) is 23.8 Å². The summed E-state index contributed by atoms with van der Waals surface area (Å²) in [4.78, 5) is 15.7. The molecule has 156 valence electrons. The number of ether oxygens (including phenoxy) is 1. The van der Waals surface area contributed by atoms with Gasteiger partial charge in [0.2, 0.25) is 0 Å². The zero-order chi connectivity index (χ0) is 20.1. The molecule has 2 aromatic rings. The van der Waals surface area contributed by atoms with Crippen molar-refractivity contribution in [1.82, 2.24) is 14.7 Å². The fourth-order valence-corrected chi connectivity index (χ4v) is 4.74. The molecule has 5 nitrogen and oxygen atoms in total. The molecule has 29 heavy (non-hydrogen) atoms. The second-order valence-electron chi connectivity index (χ2n) is 8.43. The SMILES string of the molecule is CCc1cc(CC(=O)[C@@H]2CCCCN2CC2CCOCC2)nn1-c1ccccc1. The number of nitrogens with zero attached hydrogens (tertiary/aromatic N) is 3. The molecule has 0 aliphatic carbocycles. The van der Waals surface area contributed by atoms with E-state index in [1.165, 1.54) is 6.42 Å². The lowest BCUT2D eigenvalue weighted by atomic mass is 9.92. The number of aryl methyl sites for hydroxylation is 1. The molecule has 4 rings (SSSR count). The minimum Gasteiger partial charge on any atom is -0.381 e. The van der Waals surface area contributed by atoms with Gasteiger partial charge in [0.1, 0.15) is 0 Å². The Morgan fingerprint density at radius 2 is 1.93 bits per heavy atom. The number of rotatable bonds is 7. The van der Waals surface area contributed by atoms with Crippen molar-refractivity contribution in [1.29, 1.82) is 0 Å². The monoisotopic (exact) mass is 395 g/mol. The maximum atomic E-state index is 13.2. The van der Waals surface area contributed by atoms with Crippen LogP contribution in [0, 0.1) is 5.92 Å². The smallest absolute Gasteiger partial charge is 0.155 e. The van der Waals surface area contributed by atoms with Gasteiger partial charge in [-0.3, -0.25) is 9.69 Å². The number of hydrogen-bond donors (Lipinski definition) is 0. The molecular weight excluding hydrogens is 362 g/mol. The fraction of sp³-hybridized carbons (Fsp3) is 0.583. The zero-order valence-corrected chi connectivity index (χ0v) is 17.6. The predicted octanol–water partition coefficient (Wildman–Crippen LogP) is 3.83. The highest BCUT2D eigenvalue weighted by Crippen LogP contribution is 2.24. The first-order valence-corrected chi connectivity index (χ1v) is 11.2. The van der Waals surface area contributed by atoms with Crippen LogP contribution in [0.4, 0.5) is 0 Å². The molecule has 0 saturated carbocycles. The van der Waals surface area contributed by atoms with E-state index in [0.717, 1.165) is 75.5 Å². The molecule has 0 spiro atoms. The van der Waals surface area contributed by atoms with Crippen molar-refractivity contribution >= 4 is 5.78 Å². The third-order valence-corrected chi connectivity index (χ3v) is 6.37. The van der Waals surface area contributed by atoms with E-state index < -0.39 is 0 Å². The summed E-state index contributed by atoms with van der Waals surface area (Å²) in [5.41, 5.74) is 3.11. The fourth-order valence-electron chi connectivity index (χ4n) is 4.74. The molecule has 0 unspecified atom stereocenters. The van der Waals surface area contributed by atoms with Crippen LogP contribution < -0.4 is 0 Å². The third-order valence-electron chi connectivity index (χ3n) is 6.37. The van der Waals surface area contributed by atoms with E-state index in [9.17, 15) is 4.79 Å². The lowest BCUT2D eigenvalue weighted by molar-refractivity contribution is -0.125. The summed E-state index contributed by atoms with van der Waals surface area (Å²) in [7, 11) is 0. The maximum Gasteiger partial charge on any atom is 0.155 e. The lowest BCUT2D eigenvalue weighted by Gasteiger charge is -2.37. The average Bonchev–Trinajstić information content (AvgIpc) is 3.18. The number of Topliss-reactive ketones (excluding diaryl/α,β-unsaturated/α-hetero) is 1. The predicted molar refractivity (Wildman–Crippen MR) is 114 cm³/mol. The standard InChI is InChI=1S/C24H33N3O2/c1-2-21-16-20(25-27(21)22-8-4-3-5-9-22)17-24(28)23-10-6-7-13-26(23)18-19-11-14-29-15-12-19/h3-5,8-9,16,19,23H,2,6-7,10-15,17-18H2,1H3/t23-/m0/s1. The number of hydrogen-bond acceptors (Lipinski definition) is 4. The molecule has 0 radical (unpaired) electrons. The molecule has 1 atom stereocenters. The molecule has 3 heterocycles. The first-order valence-electron chi connectivity index (χ1n) is 11.2. The van der Waals surface area contributed by atoms with Gasteiger partial charge in [-0.1, -0.05) is 31.5 Å². The van der Waals surface area contributed by atoms with Crippen molar-refractivity contribution in [3.63, 3.8) is 0 Å². The number of piperidine rings is 1. The lowest BCUT2D eigenvalue weighted by Crippen LogP contribution is -2.47. The highest BCUT2D eigenvalue weighted by atomic mass is 16.5. The summed E-state index contributed by atoms with van der Waals surface area (Å²) in [6.07, 6.45) is 6.92. The summed E-state index contributed by atoms with van der Waals surface area (Å²) < 4.78 is 7.50. The van der Waals surface area contributed by atoms with E-state index in [4.69, 9.17) is 9.84 Å². The number of aromatic nitrogens is 2. The van der Waals surface area contributed by atoms with Crippen molar-refractivity contribution < 1.29 is 9.53 Å². The Bertz CT molecular complexity index is 796. The van der Waals surface area contributed by atoms with E-state index in [1.54, 1.807) is 0 Å². The molecule has 2 saturated heterocycles. The highest BCUT2D eigenvalue weighted by molar-refractivity contribution is 5.85. The van der Waals surface area contributed by atoms with Gasteiger partial charge in [0, 0.05) is 25.5 Å². The summed E-state index contributed by atoms with van der Waals surface area (Å²) in [5.74, 6) is 0.998. The minimum absolute atomic E-state index is 0.0542. The Morgan fingerprint density at radius 1 is 1.14 bits per heavy atom. The zero-order valence-electron chi connectivity index (χ0n) is 17.6. The Balaban J connectivity index is 1.45. The van der Waals surface area contributed by atoms with Crippen LogP contribution in [0.3, 0.4) is 0 Å². The van der Waals surface area contributed by atoms with Crippen molar-refractivity contribution in [3.05, 3.63) is 47.8 Å². The van der Waals surface area contributed by atoms with Crippen LogP contribution in [-0.4, -0.2) is 52.8 Å². The quantitative estimate of drug-likeness (QED) is 0.715. The summed E-state index contributed by atoms with van der Waals surface area (Å²) in [6.45, 7) is 5.96. The molecule has 2 fully saturated rings. The van der Waals surface area contributed by atoms with Crippen LogP contribution in [0.2, 0.25) is 0 Å². The first kappa shape index (κ1) is 20.3. The van der Waals surface area contributed by atoms with Gasteiger partial charge in [0.25, 0.3) is 0 Å². The maximum absolute atomic E-state index is 13.2. The van der Waals surface area contributed by atoms with E-state index >= 15 is 0 Å². The van der Waals surface area contributed by atoms with E-state index in [-0.39, 0.29) is 6.04 Å². The topological polar surface area (TPSA) is 47.4 Å². The molecule has 0 amide bonds. The normalized spacial score (nSPS) is 21.3. The molecule has 0 N–H and O–H groups in total. The highest BCUT2D eigenvalue weighted by Gasteiger charge is 2.31. The second-order valence-corrected chi connectivity index (χ2v) is 8.43. The molecule has 1 aromatic carbocycles. The van der Waals surface area contributed by atoms with Crippen LogP contribution in [0.25, 0.3) is 5.69 Å². The number of ketones is 1. The molecule has 2 aliphatic heterocycles. The summed E-state index contributed by atoms with van der Waals surface area (Å²) in [5, 5.41) is 4.79. The summed E-state index contributed by atoms with van der Waals surface area (Å²) in [6, 6.07) is 12.4. The van der Waals surface area contributed by atoms with E-state index in [2.05, 4.69) is 30.0 Å². The number of benzene rings is 1. The van der Waals surface area contributed by atoms with Gasteiger partial charge in [0.15, 0.2) is 5.78 Å². The molecule has 2 aliphatic rings. The van der Waals surface area contributed by atoms with Crippen LogP contribution in [-0.2, 0) is 22.4 Å². The molecule has 1 aromatic heterocycles. The Kier molecular flexibility index (Phi) is 6.78. The Labute approximate surface area is 174 Å². The average molecular weight is 396 g/mol.